The fourth-order valence-corrected chi connectivity index (χ4v) is 5.24. The van der Waals surface area contributed by atoms with Gasteiger partial charge in [0.25, 0.3) is 11.5 Å². The topological polar surface area (TPSA) is 141 Å². The van der Waals surface area contributed by atoms with Gasteiger partial charge in [0.15, 0.2) is 11.4 Å². The van der Waals surface area contributed by atoms with Crippen LogP contribution in [0.15, 0.2) is 71.8 Å². The normalized spacial score (nSPS) is 12.4. The van der Waals surface area contributed by atoms with Gasteiger partial charge in [0.05, 0.1) is 28.3 Å². The quantitative estimate of drug-likeness (QED) is 0.267. The van der Waals surface area contributed by atoms with Gasteiger partial charge in [-0.05, 0) is 49.5 Å². The van der Waals surface area contributed by atoms with Crippen LogP contribution >= 0.6 is 0 Å². The van der Waals surface area contributed by atoms with E-state index in [1.54, 1.807) is 40.5 Å². The van der Waals surface area contributed by atoms with Crippen molar-refractivity contribution in [1.82, 2.24) is 34.7 Å². The van der Waals surface area contributed by atoms with Crippen LogP contribution in [0.25, 0.3) is 34.4 Å². The zero-order chi connectivity index (χ0) is 29.5. The van der Waals surface area contributed by atoms with Crippen molar-refractivity contribution in [2.75, 3.05) is 5.73 Å². The molecule has 4 heterocycles. The molecule has 1 unspecified atom stereocenters. The van der Waals surface area contributed by atoms with Gasteiger partial charge in [-0.1, -0.05) is 42.5 Å². The summed E-state index contributed by atoms with van der Waals surface area (Å²) in [5, 5.41) is 10.9. The summed E-state index contributed by atoms with van der Waals surface area (Å²) in [6.45, 7) is 5.75. The molecule has 0 spiro atoms. The maximum absolute atomic E-state index is 14.3. The minimum absolute atomic E-state index is 0.181. The highest BCUT2D eigenvalue weighted by Crippen LogP contribution is 2.23. The van der Waals surface area contributed by atoms with Gasteiger partial charge in [0.2, 0.25) is 0 Å². The first-order chi connectivity index (χ1) is 20.2. The minimum Gasteiger partial charge on any atom is -0.382 e. The van der Waals surface area contributed by atoms with Crippen LogP contribution in [0.5, 0.6) is 0 Å². The summed E-state index contributed by atoms with van der Waals surface area (Å²) < 4.78 is 4.96. The van der Waals surface area contributed by atoms with Gasteiger partial charge in [0, 0.05) is 24.4 Å². The maximum Gasteiger partial charge on any atom is 0.362 e. The average Bonchev–Trinajstić information content (AvgIpc) is 3.44. The lowest BCUT2D eigenvalue weighted by Gasteiger charge is -2.20. The number of hydrogen-bond acceptors (Lipinski definition) is 6. The summed E-state index contributed by atoms with van der Waals surface area (Å²) >= 11 is 0. The summed E-state index contributed by atoms with van der Waals surface area (Å²) in [5.41, 5.74) is 11.3. The standard InChI is InChI=1S/C31H29N9O2/c1-18-23(20(3)38(4)36-18)15-14-21-10-8-13-24-25(21)31(42)40(22-11-6-5-7-12-22)28(35-24)19(2)34-30(41)26-27(32)37-39-17-9-16-33-29(26)39/h5-17,19H,1-4H3,(H3,32,34,37,41)/p+1. The molecule has 4 aromatic heterocycles. The fraction of sp³-hybridized carbons (Fsp3) is 0.161. The molecule has 4 N–H and O–H groups in total. The molecule has 1 atom stereocenters. The van der Waals surface area contributed by atoms with E-state index >= 15 is 0 Å². The minimum atomic E-state index is -0.659. The molecule has 6 rings (SSSR count). The molecule has 1 amide bonds. The number of aryl methyl sites for hydroxylation is 2. The number of H-pyrrole nitrogens is 1. The summed E-state index contributed by atoms with van der Waals surface area (Å²) in [5.74, 6) is 0.122. The van der Waals surface area contributed by atoms with Crippen LogP contribution in [0.3, 0.4) is 0 Å². The molecule has 2 aromatic carbocycles. The number of nitrogens with two attached hydrogens (primary N) is 1. The number of benzene rings is 2. The lowest BCUT2D eigenvalue weighted by atomic mass is 10.1. The number of aromatic amines is 1. The maximum atomic E-state index is 14.3. The van der Waals surface area contributed by atoms with Crippen LogP contribution in [-0.4, -0.2) is 35.3 Å². The third-order valence-corrected chi connectivity index (χ3v) is 7.41. The summed E-state index contributed by atoms with van der Waals surface area (Å²) in [6.07, 6.45) is 7.21. The highest BCUT2D eigenvalue weighted by atomic mass is 16.2. The van der Waals surface area contributed by atoms with Gasteiger partial charge >= 0.3 is 5.65 Å². The smallest absolute Gasteiger partial charge is 0.362 e. The molecule has 11 heteroatoms. The van der Waals surface area contributed by atoms with Crippen LogP contribution in [0, 0.1) is 13.8 Å². The Morgan fingerprint density at radius 1 is 1.10 bits per heavy atom. The second-order valence-corrected chi connectivity index (χ2v) is 10.1. The molecule has 0 aliphatic rings. The van der Waals surface area contributed by atoms with Gasteiger partial charge in [-0.3, -0.25) is 18.8 Å². The van der Waals surface area contributed by atoms with Crippen LogP contribution in [0.4, 0.5) is 5.82 Å². The highest BCUT2D eigenvalue weighted by molar-refractivity contribution is 6.03. The zero-order valence-electron chi connectivity index (χ0n) is 23.7. The molecule has 0 fully saturated rings. The number of amides is 1. The number of anilines is 1. The van der Waals surface area contributed by atoms with E-state index in [4.69, 9.17) is 10.7 Å². The predicted molar refractivity (Wildman–Crippen MR) is 161 cm³/mol. The highest BCUT2D eigenvalue weighted by Gasteiger charge is 2.27. The largest absolute Gasteiger partial charge is 0.382 e. The molecule has 0 saturated carbocycles. The van der Waals surface area contributed by atoms with Gasteiger partial charge in [-0.2, -0.15) is 5.10 Å². The van der Waals surface area contributed by atoms with E-state index in [0.717, 1.165) is 22.5 Å². The van der Waals surface area contributed by atoms with Crippen molar-refractivity contribution in [1.29, 1.82) is 0 Å². The SMILES string of the molecule is Cc1nn(C)c(C)c1C=Cc1cccc2nc(C(C)NC(=O)c3c(N)[nH][n+]4cccnc34)n(-c3ccccc3)c(=O)c12. The first kappa shape index (κ1) is 26.6. The third-order valence-electron chi connectivity index (χ3n) is 7.41. The Hall–Kier alpha value is -5.58. The van der Waals surface area contributed by atoms with Crippen molar-refractivity contribution < 1.29 is 9.31 Å². The Morgan fingerprint density at radius 3 is 2.62 bits per heavy atom. The molecular formula is C31H30N9O2+. The number of hydrogen-bond donors (Lipinski definition) is 3. The van der Waals surface area contributed by atoms with E-state index in [-0.39, 0.29) is 16.9 Å². The number of nitrogens with one attached hydrogen (secondary N) is 2. The molecule has 0 bridgehead atoms. The van der Waals surface area contributed by atoms with Crippen molar-refractivity contribution in [3.05, 3.63) is 111 Å². The molecular weight excluding hydrogens is 530 g/mol. The molecule has 0 saturated heterocycles. The Kier molecular flexibility index (Phi) is 6.62. The Morgan fingerprint density at radius 2 is 1.88 bits per heavy atom. The van der Waals surface area contributed by atoms with Crippen LogP contribution in [-0.2, 0) is 7.05 Å². The van der Waals surface area contributed by atoms with Crippen LogP contribution in [0.2, 0.25) is 0 Å². The number of aromatic nitrogens is 7. The third kappa shape index (κ3) is 4.50. The number of para-hydroxylation sites is 1. The van der Waals surface area contributed by atoms with Gasteiger partial charge < -0.3 is 11.1 Å². The van der Waals surface area contributed by atoms with E-state index < -0.39 is 11.9 Å². The monoisotopic (exact) mass is 560 g/mol. The number of nitrogen functional groups attached to an aromatic ring is 1. The van der Waals surface area contributed by atoms with Crippen molar-refractivity contribution in [3.8, 4) is 5.69 Å². The predicted octanol–water partition coefficient (Wildman–Crippen LogP) is 3.44. The van der Waals surface area contributed by atoms with Crippen molar-refractivity contribution in [2.24, 2.45) is 7.05 Å². The fourth-order valence-electron chi connectivity index (χ4n) is 5.24. The molecule has 6 aromatic rings. The molecule has 0 aliphatic carbocycles. The van der Waals surface area contributed by atoms with Crippen molar-refractivity contribution in [3.63, 3.8) is 0 Å². The summed E-state index contributed by atoms with van der Waals surface area (Å²) in [6, 6.07) is 15.9. The van der Waals surface area contributed by atoms with Crippen LogP contribution < -0.4 is 21.1 Å². The first-order valence-corrected chi connectivity index (χ1v) is 13.5. The molecule has 0 aliphatic heterocycles. The van der Waals surface area contributed by atoms with Crippen LogP contribution in [0.1, 0.15) is 51.7 Å². The van der Waals surface area contributed by atoms with Gasteiger partial charge in [0.1, 0.15) is 18.2 Å². The second kappa shape index (κ2) is 10.4. The molecule has 42 heavy (non-hydrogen) atoms. The lowest BCUT2D eigenvalue weighted by molar-refractivity contribution is -0.577. The molecule has 0 radical (unpaired) electrons. The molecule has 11 nitrogen and oxygen atoms in total. The van der Waals surface area contributed by atoms with Gasteiger partial charge in [-0.15, -0.1) is 4.52 Å². The number of rotatable bonds is 6. The van der Waals surface area contributed by atoms with Crippen molar-refractivity contribution in [2.45, 2.75) is 26.8 Å². The number of fused-ring (bicyclic) bond motifs is 2. The van der Waals surface area contributed by atoms with E-state index in [0.29, 0.717) is 28.1 Å². The lowest BCUT2D eigenvalue weighted by Crippen LogP contribution is -2.34. The second-order valence-electron chi connectivity index (χ2n) is 10.1. The van der Waals surface area contributed by atoms with E-state index in [2.05, 4.69) is 20.5 Å². The van der Waals surface area contributed by atoms with E-state index in [9.17, 15) is 9.59 Å². The van der Waals surface area contributed by atoms with E-state index in [1.807, 2.05) is 80.2 Å². The number of nitrogens with zero attached hydrogens (tertiary/aromatic N) is 6. The first-order valence-electron chi connectivity index (χ1n) is 13.5. The summed E-state index contributed by atoms with van der Waals surface area (Å²) in [7, 11) is 1.91. The van der Waals surface area contributed by atoms with E-state index in [1.165, 1.54) is 0 Å². The molecule has 210 valence electrons. The van der Waals surface area contributed by atoms with Gasteiger partial charge in [-0.25, -0.2) is 10.1 Å². The Balaban J connectivity index is 1.47. The van der Waals surface area contributed by atoms with Crippen molar-refractivity contribution >= 4 is 40.4 Å². The summed E-state index contributed by atoms with van der Waals surface area (Å²) in [4.78, 5) is 37.0. The Labute approximate surface area is 241 Å². The number of carbonyl (C=O) groups excluding carboxylic acids is 1. The average molecular weight is 561 g/mol. The Bertz CT molecular complexity index is 2070. The number of carbonyl (C=O) groups is 1. The zero-order valence-corrected chi connectivity index (χ0v) is 23.7.